The zero-order valence-corrected chi connectivity index (χ0v) is 23.8. The molecule has 3 aromatic carbocycles. The van der Waals surface area contributed by atoms with Crippen LogP contribution in [0.15, 0.2) is 77.3 Å². The van der Waals surface area contributed by atoms with E-state index >= 15 is 0 Å². The number of hydrogen-bond acceptors (Lipinski definition) is 9. The third-order valence-electron chi connectivity index (χ3n) is 8.88. The summed E-state index contributed by atoms with van der Waals surface area (Å²) in [6, 6.07) is 14.2. The third kappa shape index (κ3) is 4.13. The number of carbonyl (C=O) groups is 4. The van der Waals surface area contributed by atoms with Gasteiger partial charge in [0.1, 0.15) is 17.1 Å². The van der Waals surface area contributed by atoms with E-state index in [0.29, 0.717) is 11.3 Å². The molecule has 226 valence electrons. The minimum absolute atomic E-state index is 0.0139. The van der Waals surface area contributed by atoms with E-state index in [-0.39, 0.29) is 29.7 Å². The maximum atomic E-state index is 13.9. The van der Waals surface area contributed by atoms with Crippen molar-refractivity contribution in [1.82, 2.24) is 4.90 Å². The number of aromatic hydroxyl groups is 1. The number of likely N-dealkylation sites (N-methyl/N-ethyl adjacent to an activating group) is 1. The van der Waals surface area contributed by atoms with Gasteiger partial charge < -0.3 is 36.8 Å². The Balaban J connectivity index is 1.36. The van der Waals surface area contributed by atoms with Crippen molar-refractivity contribution < 1.29 is 39.6 Å². The maximum absolute atomic E-state index is 13.9. The number of benzene rings is 3. The molecule has 0 bridgehead atoms. The molecule has 12 heteroatoms. The monoisotopic (exact) mass is 598 g/mol. The number of phenolic OH excluding ortho intramolecular Hbond substituents is 1. The molecule has 0 heterocycles. The van der Waals surface area contributed by atoms with Crippen LogP contribution in [0.4, 0.5) is 16.2 Å². The number of aliphatic hydroxyl groups excluding tert-OH is 2. The lowest BCUT2D eigenvalue weighted by atomic mass is 9.58. The average Bonchev–Trinajstić information content (AvgIpc) is 2.96. The van der Waals surface area contributed by atoms with Gasteiger partial charge in [0.05, 0.1) is 23.0 Å². The molecule has 0 saturated heterocycles. The van der Waals surface area contributed by atoms with Gasteiger partial charge in [-0.15, -0.1) is 0 Å². The predicted octanol–water partition coefficient (Wildman–Crippen LogP) is 2.92. The molecule has 0 aliphatic heterocycles. The van der Waals surface area contributed by atoms with E-state index in [1.54, 1.807) is 32.3 Å². The first-order chi connectivity index (χ1) is 20.9. The molecule has 4 unspecified atom stereocenters. The van der Waals surface area contributed by atoms with Gasteiger partial charge in [-0.25, -0.2) is 4.79 Å². The van der Waals surface area contributed by atoms with E-state index in [1.165, 1.54) is 11.0 Å². The summed E-state index contributed by atoms with van der Waals surface area (Å²) in [5.74, 6) is -7.37. The molecular weight excluding hydrogens is 568 g/mol. The van der Waals surface area contributed by atoms with Crippen molar-refractivity contribution in [3.8, 4) is 5.75 Å². The first-order valence-electron chi connectivity index (χ1n) is 13.9. The largest absolute Gasteiger partial charge is 0.510 e. The number of nitrogens with zero attached hydrogens (tertiary/aromatic N) is 1. The van der Waals surface area contributed by atoms with Crippen LogP contribution in [0.25, 0.3) is 10.8 Å². The van der Waals surface area contributed by atoms with E-state index in [9.17, 15) is 39.6 Å². The Morgan fingerprint density at radius 1 is 0.955 bits per heavy atom. The second-order valence-electron chi connectivity index (χ2n) is 11.6. The van der Waals surface area contributed by atoms with E-state index in [1.807, 2.05) is 30.3 Å². The average molecular weight is 599 g/mol. The molecule has 0 spiro atoms. The summed E-state index contributed by atoms with van der Waals surface area (Å²) < 4.78 is 0. The van der Waals surface area contributed by atoms with Gasteiger partial charge in [-0.05, 0) is 55.9 Å². The number of primary amides is 1. The van der Waals surface area contributed by atoms with Crippen molar-refractivity contribution >= 4 is 45.7 Å². The molecule has 0 fully saturated rings. The van der Waals surface area contributed by atoms with Gasteiger partial charge in [0.25, 0.3) is 5.91 Å². The van der Waals surface area contributed by atoms with Crippen LogP contribution in [0, 0.1) is 11.8 Å². The van der Waals surface area contributed by atoms with Crippen LogP contribution in [0.3, 0.4) is 0 Å². The number of nitrogens with two attached hydrogens (primary N) is 1. The zero-order valence-electron chi connectivity index (χ0n) is 23.8. The summed E-state index contributed by atoms with van der Waals surface area (Å²) in [7, 11) is 3.13. The van der Waals surface area contributed by atoms with Crippen molar-refractivity contribution in [2.75, 3.05) is 24.7 Å². The normalized spacial score (nSPS) is 24.6. The van der Waals surface area contributed by atoms with E-state index in [2.05, 4.69) is 10.6 Å². The van der Waals surface area contributed by atoms with Crippen LogP contribution in [0.1, 0.15) is 22.3 Å². The Kier molecular flexibility index (Phi) is 6.71. The molecule has 3 aliphatic carbocycles. The molecule has 6 rings (SSSR count). The third-order valence-corrected chi connectivity index (χ3v) is 8.88. The van der Waals surface area contributed by atoms with Crippen LogP contribution in [0.2, 0.25) is 0 Å². The van der Waals surface area contributed by atoms with Crippen LogP contribution in [0.5, 0.6) is 5.75 Å². The Labute approximate surface area is 251 Å². The first-order valence-corrected chi connectivity index (χ1v) is 13.9. The Bertz CT molecular complexity index is 1860. The number of ketones is 2. The second-order valence-corrected chi connectivity index (χ2v) is 11.6. The summed E-state index contributed by atoms with van der Waals surface area (Å²) in [5, 5.41) is 52.2. The van der Waals surface area contributed by atoms with Gasteiger partial charge >= 0.3 is 6.03 Å². The molecule has 44 heavy (non-hydrogen) atoms. The van der Waals surface area contributed by atoms with Gasteiger partial charge in [-0.3, -0.25) is 19.3 Å². The van der Waals surface area contributed by atoms with Gasteiger partial charge in [0.15, 0.2) is 17.1 Å². The molecular formula is C32H30N4O8. The summed E-state index contributed by atoms with van der Waals surface area (Å²) >= 11 is 0. The van der Waals surface area contributed by atoms with E-state index in [0.717, 1.165) is 10.8 Å². The molecule has 3 aromatic rings. The highest BCUT2D eigenvalue weighted by atomic mass is 16.3. The summed E-state index contributed by atoms with van der Waals surface area (Å²) in [4.78, 5) is 53.9. The Hall–Kier alpha value is -5.20. The minimum atomic E-state index is -2.73. The smallest absolute Gasteiger partial charge is 0.323 e. The van der Waals surface area contributed by atoms with Crippen molar-refractivity contribution in [2.45, 2.75) is 24.5 Å². The SMILES string of the molecule is CN(C)C1C(O)=C(C(N)=O)C(=O)C2(O)C(O)=C3C(=O)c4c(ccc(NC(=O)Nc5cccc6ccccc56)c4O)CC3CC12. The highest BCUT2D eigenvalue weighted by molar-refractivity contribution is 6.25. The van der Waals surface area contributed by atoms with Crippen molar-refractivity contribution in [3.63, 3.8) is 0 Å². The van der Waals surface area contributed by atoms with Gasteiger partial charge in [-0.1, -0.05) is 42.5 Å². The van der Waals surface area contributed by atoms with Crippen LogP contribution in [-0.4, -0.2) is 74.6 Å². The fraction of sp³-hybridized carbons (Fsp3) is 0.250. The molecule has 0 aromatic heterocycles. The number of carbonyl (C=O) groups excluding carboxylic acids is 4. The van der Waals surface area contributed by atoms with Gasteiger partial charge in [0.2, 0.25) is 5.78 Å². The number of rotatable bonds is 4. The van der Waals surface area contributed by atoms with E-state index < -0.39 is 69.8 Å². The number of phenols is 1. The number of anilines is 2. The number of hydrogen-bond donors (Lipinski definition) is 7. The molecule has 0 radical (unpaired) electrons. The molecule has 8 N–H and O–H groups in total. The fourth-order valence-corrected chi connectivity index (χ4v) is 6.94. The highest BCUT2D eigenvalue weighted by Crippen LogP contribution is 2.52. The summed E-state index contributed by atoms with van der Waals surface area (Å²) in [6.07, 6.45) is 0.130. The minimum Gasteiger partial charge on any atom is -0.510 e. The number of nitrogens with one attached hydrogen (secondary N) is 2. The Morgan fingerprint density at radius 3 is 2.34 bits per heavy atom. The number of allylic oxidation sites excluding steroid dienone is 1. The summed E-state index contributed by atoms with van der Waals surface area (Å²) in [5.41, 5.74) is 2.17. The number of fused-ring (bicyclic) bond motifs is 4. The highest BCUT2D eigenvalue weighted by Gasteiger charge is 2.63. The lowest BCUT2D eigenvalue weighted by molar-refractivity contribution is -0.148. The van der Waals surface area contributed by atoms with Crippen molar-refractivity contribution in [2.24, 2.45) is 17.6 Å². The second kappa shape index (κ2) is 10.2. The molecule has 0 saturated carbocycles. The Morgan fingerprint density at radius 2 is 1.64 bits per heavy atom. The topological polar surface area (TPSA) is 203 Å². The quantitative estimate of drug-likeness (QED) is 0.174. The van der Waals surface area contributed by atoms with Crippen molar-refractivity contribution in [3.05, 3.63) is 88.4 Å². The number of urea groups is 1. The molecule has 3 amide bonds. The zero-order chi connectivity index (χ0) is 31.7. The van der Waals surface area contributed by atoms with Crippen molar-refractivity contribution in [1.29, 1.82) is 0 Å². The van der Waals surface area contributed by atoms with Crippen LogP contribution >= 0.6 is 0 Å². The van der Waals surface area contributed by atoms with Crippen LogP contribution < -0.4 is 16.4 Å². The number of amides is 3. The van der Waals surface area contributed by atoms with Gasteiger partial charge in [0, 0.05) is 16.9 Å². The fourth-order valence-electron chi connectivity index (χ4n) is 6.94. The molecule has 4 atom stereocenters. The molecule has 3 aliphatic rings. The standard InChI is InChI=1S/C32H30N4O8/c1-36(2)24-18-13-16-12-15-10-11-20(35-31(43)34-19-9-5-7-14-6-3-4-8-17(14)19)25(37)21(15)26(38)22(16)28(40)32(18,44)29(41)23(27(24)39)30(33)42/h3-11,16,18,24,37,39-40,44H,12-13H2,1-2H3,(H2,33,42)(H2,34,35,43). The number of Topliss-reactive ketones (excluding diaryl/α,β-unsaturated/α-hetero) is 2. The maximum Gasteiger partial charge on any atom is 0.323 e. The molecule has 12 nitrogen and oxygen atoms in total. The van der Waals surface area contributed by atoms with Gasteiger partial charge in [-0.2, -0.15) is 0 Å². The first kappa shape index (κ1) is 28.9. The number of aliphatic hydroxyl groups is 3. The van der Waals surface area contributed by atoms with Crippen LogP contribution in [-0.2, 0) is 16.0 Å². The van der Waals surface area contributed by atoms with E-state index in [4.69, 9.17) is 5.73 Å². The lowest BCUT2D eigenvalue weighted by Crippen LogP contribution is -2.63. The summed E-state index contributed by atoms with van der Waals surface area (Å²) in [6.45, 7) is 0. The lowest BCUT2D eigenvalue weighted by Gasteiger charge is -2.50. The predicted molar refractivity (Wildman–Crippen MR) is 160 cm³/mol.